The molecule has 1 aliphatic rings. The van der Waals surface area contributed by atoms with Crippen LogP contribution in [0.3, 0.4) is 0 Å². The summed E-state index contributed by atoms with van der Waals surface area (Å²) >= 11 is 0. The van der Waals surface area contributed by atoms with E-state index in [0.717, 1.165) is 11.4 Å². The summed E-state index contributed by atoms with van der Waals surface area (Å²) in [6.07, 6.45) is 3.68. The van der Waals surface area contributed by atoms with Crippen LogP contribution in [-0.2, 0) is 0 Å². The summed E-state index contributed by atoms with van der Waals surface area (Å²) in [5.41, 5.74) is 4.82. The summed E-state index contributed by atoms with van der Waals surface area (Å²) in [5, 5.41) is 0. The molecule has 1 atom stereocenters. The van der Waals surface area contributed by atoms with Crippen molar-refractivity contribution in [3.63, 3.8) is 0 Å². The summed E-state index contributed by atoms with van der Waals surface area (Å²) in [6.45, 7) is 2.21. The van der Waals surface area contributed by atoms with Gasteiger partial charge in [0.05, 0.1) is 11.4 Å². The molecule has 16 heavy (non-hydrogen) atoms. The molecular formula is C12H12Br2N2. The monoisotopic (exact) mass is 342 g/mol. The maximum Gasteiger partial charge on any atom is 0.0927 e. The molecule has 1 aliphatic carbocycles. The molecule has 2 nitrogen and oxygen atoms in total. The molecule has 84 valence electrons. The molecule has 2 aromatic rings. The molecule has 0 aromatic carbocycles. The van der Waals surface area contributed by atoms with E-state index in [-0.39, 0.29) is 34.0 Å². The number of hydrogen-bond acceptors (Lipinski definition) is 2. The van der Waals surface area contributed by atoms with E-state index >= 15 is 0 Å². The van der Waals surface area contributed by atoms with Crippen LogP contribution in [0.25, 0.3) is 11.4 Å². The second kappa shape index (κ2) is 5.06. The van der Waals surface area contributed by atoms with Crippen LogP contribution in [0.15, 0.2) is 36.7 Å². The summed E-state index contributed by atoms with van der Waals surface area (Å²) in [5.74, 6) is 0.578. The Kier molecular flexibility index (Phi) is 4.21. The van der Waals surface area contributed by atoms with Crippen LogP contribution < -0.4 is 0 Å². The molecular weight excluding hydrogens is 332 g/mol. The Hall–Kier alpha value is -0.740. The van der Waals surface area contributed by atoms with Gasteiger partial charge in [-0.25, -0.2) is 0 Å². The van der Waals surface area contributed by atoms with Gasteiger partial charge in [-0.3, -0.25) is 9.97 Å². The highest BCUT2D eigenvalue weighted by Crippen LogP contribution is 2.46. The first-order chi connectivity index (χ1) is 6.88. The second-order valence-electron chi connectivity index (χ2n) is 3.60. The van der Waals surface area contributed by atoms with Crippen molar-refractivity contribution in [2.45, 2.75) is 12.8 Å². The lowest BCUT2D eigenvalue weighted by Crippen LogP contribution is -1.85. The van der Waals surface area contributed by atoms with Crippen LogP contribution in [0.5, 0.6) is 0 Å². The van der Waals surface area contributed by atoms with Crippen molar-refractivity contribution in [1.82, 2.24) is 9.97 Å². The minimum absolute atomic E-state index is 0. The maximum atomic E-state index is 4.39. The molecule has 0 saturated carbocycles. The highest BCUT2D eigenvalue weighted by Gasteiger charge is 2.32. The predicted octanol–water partition coefficient (Wildman–Crippen LogP) is 3.76. The number of aromatic nitrogens is 2. The number of rotatable bonds is 1. The Bertz CT molecular complexity index is 486. The van der Waals surface area contributed by atoms with Gasteiger partial charge in [0.1, 0.15) is 0 Å². The van der Waals surface area contributed by atoms with E-state index in [1.54, 1.807) is 0 Å². The van der Waals surface area contributed by atoms with Gasteiger partial charge in [-0.1, -0.05) is 13.0 Å². The summed E-state index contributed by atoms with van der Waals surface area (Å²) in [7, 11) is 0. The largest absolute Gasteiger partial charge is 0.255 e. The van der Waals surface area contributed by atoms with Gasteiger partial charge in [0.2, 0.25) is 0 Å². The van der Waals surface area contributed by atoms with E-state index in [1.165, 1.54) is 11.1 Å². The van der Waals surface area contributed by atoms with Crippen molar-refractivity contribution >= 4 is 34.0 Å². The van der Waals surface area contributed by atoms with Crippen LogP contribution in [0, 0.1) is 0 Å². The average Bonchev–Trinajstić information content (AvgIpc) is 2.92. The molecule has 4 heteroatoms. The molecule has 2 heterocycles. The maximum absolute atomic E-state index is 4.39. The van der Waals surface area contributed by atoms with Crippen molar-refractivity contribution in [2.75, 3.05) is 0 Å². The highest BCUT2D eigenvalue weighted by atomic mass is 79.9. The van der Waals surface area contributed by atoms with Crippen LogP contribution >= 0.6 is 34.0 Å². The van der Waals surface area contributed by atoms with Crippen LogP contribution in [0.2, 0.25) is 0 Å². The van der Waals surface area contributed by atoms with Crippen LogP contribution in [0.1, 0.15) is 24.0 Å². The Morgan fingerprint density at radius 3 is 2.50 bits per heavy atom. The average molecular weight is 344 g/mol. The fraction of sp³-hybridized carbons (Fsp3) is 0.167. The van der Waals surface area contributed by atoms with Crippen LogP contribution in [0.4, 0.5) is 0 Å². The number of halogens is 2. The third-order valence-corrected chi connectivity index (χ3v) is 2.75. The first kappa shape index (κ1) is 13.3. The molecule has 0 radical (unpaired) electrons. The first-order valence-electron chi connectivity index (χ1n) is 4.78. The molecule has 0 amide bonds. The summed E-state index contributed by atoms with van der Waals surface area (Å²) < 4.78 is 0. The normalized spacial score (nSPS) is 15.4. The number of fused-ring (bicyclic) bond motifs is 1. The minimum atomic E-state index is 0. The zero-order chi connectivity index (χ0) is 9.54. The Labute approximate surface area is 116 Å². The zero-order valence-electron chi connectivity index (χ0n) is 8.75. The van der Waals surface area contributed by atoms with E-state index in [9.17, 15) is 0 Å². The third kappa shape index (κ3) is 2.04. The van der Waals surface area contributed by atoms with Crippen molar-refractivity contribution in [3.8, 4) is 11.4 Å². The van der Waals surface area contributed by atoms with Gasteiger partial charge in [0.25, 0.3) is 0 Å². The van der Waals surface area contributed by atoms with Gasteiger partial charge in [0, 0.05) is 18.3 Å². The molecule has 0 aliphatic heterocycles. The lowest BCUT2D eigenvalue weighted by molar-refractivity contribution is 1.14. The molecule has 0 bridgehead atoms. The van der Waals surface area contributed by atoms with E-state index in [2.05, 4.69) is 23.0 Å². The summed E-state index contributed by atoms with van der Waals surface area (Å²) in [4.78, 5) is 8.70. The molecule has 3 rings (SSSR count). The topological polar surface area (TPSA) is 25.8 Å². The quantitative estimate of drug-likeness (QED) is 0.787. The first-order valence-corrected chi connectivity index (χ1v) is 4.78. The second-order valence-corrected chi connectivity index (χ2v) is 3.60. The van der Waals surface area contributed by atoms with Crippen LogP contribution in [-0.4, -0.2) is 9.97 Å². The number of pyridine rings is 2. The Morgan fingerprint density at radius 2 is 1.81 bits per heavy atom. The summed E-state index contributed by atoms with van der Waals surface area (Å²) in [6, 6.07) is 8.02. The Morgan fingerprint density at radius 1 is 1.00 bits per heavy atom. The smallest absolute Gasteiger partial charge is 0.0927 e. The standard InChI is InChI=1S/C12H10N2.2BrH/c1-8-9-5-7-14-12(11(8)9)10-4-2-3-6-13-10;;/h2-8H,1H3;2*1H. The molecule has 0 fully saturated rings. The third-order valence-electron chi connectivity index (χ3n) is 2.75. The predicted molar refractivity (Wildman–Crippen MR) is 75.6 cm³/mol. The fourth-order valence-corrected chi connectivity index (χ4v) is 1.90. The van der Waals surface area contributed by atoms with Gasteiger partial charge in [-0.2, -0.15) is 0 Å². The van der Waals surface area contributed by atoms with Gasteiger partial charge in [-0.15, -0.1) is 34.0 Å². The number of hydrogen-bond donors (Lipinski definition) is 0. The van der Waals surface area contributed by atoms with Crippen molar-refractivity contribution < 1.29 is 0 Å². The SMILES string of the molecule is Br.Br.CC1c2ccnc(-c3ccccn3)c21. The Balaban J connectivity index is 0.000000640. The molecule has 0 saturated heterocycles. The van der Waals surface area contributed by atoms with Gasteiger partial charge in [-0.05, 0) is 29.3 Å². The molecule has 1 unspecified atom stereocenters. The van der Waals surface area contributed by atoms with Crippen molar-refractivity contribution in [3.05, 3.63) is 47.8 Å². The lowest BCUT2D eigenvalue weighted by atomic mass is 10.2. The fourth-order valence-electron chi connectivity index (χ4n) is 1.90. The van der Waals surface area contributed by atoms with Crippen molar-refractivity contribution in [1.29, 1.82) is 0 Å². The minimum Gasteiger partial charge on any atom is -0.255 e. The molecule has 0 spiro atoms. The highest BCUT2D eigenvalue weighted by molar-refractivity contribution is 8.93. The van der Waals surface area contributed by atoms with E-state index in [1.807, 2.05) is 30.6 Å². The molecule has 2 aromatic heterocycles. The van der Waals surface area contributed by atoms with E-state index in [4.69, 9.17) is 0 Å². The van der Waals surface area contributed by atoms with Crippen molar-refractivity contribution in [2.24, 2.45) is 0 Å². The van der Waals surface area contributed by atoms with Gasteiger partial charge >= 0.3 is 0 Å². The van der Waals surface area contributed by atoms with E-state index < -0.39 is 0 Å². The van der Waals surface area contributed by atoms with Gasteiger partial charge < -0.3 is 0 Å². The lowest BCUT2D eigenvalue weighted by Gasteiger charge is -1.97. The number of nitrogens with zero attached hydrogens (tertiary/aromatic N) is 2. The van der Waals surface area contributed by atoms with E-state index in [0.29, 0.717) is 5.92 Å². The molecule has 0 N–H and O–H groups in total. The zero-order valence-corrected chi connectivity index (χ0v) is 12.2. The van der Waals surface area contributed by atoms with Gasteiger partial charge in [0.15, 0.2) is 0 Å².